The molecule has 0 atom stereocenters. The highest BCUT2D eigenvalue weighted by molar-refractivity contribution is 6.31. The van der Waals surface area contributed by atoms with Crippen molar-refractivity contribution in [3.05, 3.63) is 98.9 Å². The fraction of sp³-hybridized carbons (Fsp3) is 0.0870. The molecule has 0 unspecified atom stereocenters. The Kier molecular flexibility index (Phi) is 4.88. The van der Waals surface area contributed by atoms with Gasteiger partial charge in [0.1, 0.15) is 18.0 Å². The van der Waals surface area contributed by atoms with Gasteiger partial charge < -0.3 is 9.15 Å². The molecule has 3 aromatic carbocycles. The van der Waals surface area contributed by atoms with Gasteiger partial charge in [-0.3, -0.25) is 4.79 Å². The van der Waals surface area contributed by atoms with Crippen LogP contribution in [0.25, 0.3) is 22.3 Å². The number of hydrogen-bond donors (Lipinski definition) is 0. The van der Waals surface area contributed by atoms with Gasteiger partial charge in [0.2, 0.25) is 11.2 Å². The van der Waals surface area contributed by atoms with E-state index in [0.717, 1.165) is 5.56 Å². The predicted molar refractivity (Wildman–Crippen MR) is 108 cm³/mol. The first-order valence-corrected chi connectivity index (χ1v) is 9.11. The lowest BCUT2D eigenvalue weighted by atomic mass is 10.1. The third-order valence-corrected chi connectivity index (χ3v) is 4.82. The summed E-state index contributed by atoms with van der Waals surface area (Å²) in [6.07, 6.45) is 0. The van der Waals surface area contributed by atoms with E-state index in [0.29, 0.717) is 22.3 Å². The molecule has 0 saturated heterocycles. The Morgan fingerprint density at radius 3 is 2.57 bits per heavy atom. The number of aryl methyl sites for hydroxylation is 1. The zero-order valence-electron chi connectivity index (χ0n) is 15.0. The molecule has 0 spiro atoms. The molecule has 0 saturated carbocycles. The molecule has 0 aliphatic rings. The topological polar surface area (TPSA) is 39.4 Å². The molecule has 0 fully saturated rings. The molecule has 140 valence electrons. The maximum absolute atomic E-state index is 14.1. The van der Waals surface area contributed by atoms with Gasteiger partial charge in [-0.05, 0) is 36.8 Å². The lowest BCUT2D eigenvalue weighted by molar-refractivity contribution is 0.292. The minimum Gasteiger partial charge on any atom is -0.481 e. The van der Waals surface area contributed by atoms with Gasteiger partial charge in [-0.1, -0.05) is 54.1 Å². The van der Waals surface area contributed by atoms with Crippen molar-refractivity contribution >= 4 is 22.6 Å². The van der Waals surface area contributed by atoms with Crippen molar-refractivity contribution in [2.75, 3.05) is 0 Å². The van der Waals surface area contributed by atoms with Gasteiger partial charge >= 0.3 is 0 Å². The Bertz CT molecular complexity index is 1200. The third kappa shape index (κ3) is 3.39. The Balaban J connectivity index is 1.87. The summed E-state index contributed by atoms with van der Waals surface area (Å²) in [5.41, 5.74) is 2.01. The van der Waals surface area contributed by atoms with Crippen molar-refractivity contribution < 1.29 is 13.5 Å². The van der Waals surface area contributed by atoms with Gasteiger partial charge in [-0.25, -0.2) is 4.39 Å². The maximum Gasteiger partial charge on any atom is 0.235 e. The highest BCUT2D eigenvalue weighted by atomic mass is 35.5. The molecule has 0 aliphatic heterocycles. The zero-order chi connectivity index (χ0) is 19.7. The van der Waals surface area contributed by atoms with Crippen molar-refractivity contribution in [1.82, 2.24) is 0 Å². The number of halogens is 2. The zero-order valence-corrected chi connectivity index (χ0v) is 15.8. The van der Waals surface area contributed by atoms with Gasteiger partial charge in [-0.15, -0.1) is 0 Å². The Morgan fingerprint density at radius 1 is 1.04 bits per heavy atom. The van der Waals surface area contributed by atoms with Crippen LogP contribution in [0.15, 0.2) is 75.9 Å². The second kappa shape index (κ2) is 7.49. The fourth-order valence-electron chi connectivity index (χ4n) is 3.01. The molecule has 0 amide bonds. The summed E-state index contributed by atoms with van der Waals surface area (Å²) in [4.78, 5) is 13.1. The second-order valence-corrected chi connectivity index (χ2v) is 6.85. The lowest BCUT2D eigenvalue weighted by Gasteiger charge is -2.13. The average Bonchev–Trinajstić information content (AvgIpc) is 2.69. The van der Waals surface area contributed by atoms with Gasteiger partial charge in [0.05, 0.1) is 10.4 Å². The van der Waals surface area contributed by atoms with Crippen LogP contribution in [0.4, 0.5) is 4.39 Å². The molecular formula is C23H16ClFO3. The SMILES string of the molecule is Cc1ccc2c(=O)c(OCc3c(F)cccc3Cl)c(-c3ccccc3)oc2c1. The average molecular weight is 395 g/mol. The van der Waals surface area contributed by atoms with Gasteiger partial charge in [0.25, 0.3) is 0 Å². The van der Waals surface area contributed by atoms with Crippen LogP contribution >= 0.6 is 11.6 Å². The number of fused-ring (bicyclic) bond motifs is 1. The highest BCUT2D eigenvalue weighted by Crippen LogP contribution is 2.32. The van der Waals surface area contributed by atoms with Crippen LogP contribution in [0, 0.1) is 12.7 Å². The molecule has 5 heteroatoms. The van der Waals surface area contributed by atoms with E-state index in [1.54, 1.807) is 18.2 Å². The number of ether oxygens (including phenoxy) is 1. The van der Waals surface area contributed by atoms with Gasteiger partial charge in [0, 0.05) is 11.1 Å². The van der Waals surface area contributed by atoms with Crippen LogP contribution in [0.1, 0.15) is 11.1 Å². The van der Waals surface area contributed by atoms with E-state index in [1.807, 2.05) is 43.3 Å². The molecule has 0 aliphatic carbocycles. The van der Waals surface area contributed by atoms with E-state index in [2.05, 4.69) is 0 Å². The van der Waals surface area contributed by atoms with Crippen molar-refractivity contribution in [3.63, 3.8) is 0 Å². The molecule has 28 heavy (non-hydrogen) atoms. The van der Waals surface area contributed by atoms with E-state index in [9.17, 15) is 9.18 Å². The summed E-state index contributed by atoms with van der Waals surface area (Å²) < 4.78 is 25.9. The van der Waals surface area contributed by atoms with Crippen LogP contribution in [0.5, 0.6) is 5.75 Å². The molecule has 4 aromatic rings. The number of rotatable bonds is 4. The first kappa shape index (κ1) is 18.3. The standard InChI is InChI=1S/C23H16ClFO3/c1-14-10-11-16-20(12-14)28-22(15-6-3-2-4-7-15)23(21(16)26)27-13-17-18(24)8-5-9-19(17)25/h2-12H,13H2,1H3. The Labute approximate surface area is 166 Å². The number of benzene rings is 3. The summed E-state index contributed by atoms with van der Waals surface area (Å²) >= 11 is 6.08. The van der Waals surface area contributed by atoms with Gasteiger partial charge in [-0.2, -0.15) is 0 Å². The van der Waals surface area contributed by atoms with E-state index < -0.39 is 5.82 Å². The van der Waals surface area contributed by atoms with Crippen molar-refractivity contribution in [2.24, 2.45) is 0 Å². The summed E-state index contributed by atoms with van der Waals surface area (Å²) in [5.74, 6) is -0.160. The predicted octanol–water partition coefficient (Wildman–Crippen LogP) is 6.14. The van der Waals surface area contributed by atoms with Crippen LogP contribution < -0.4 is 10.2 Å². The maximum atomic E-state index is 14.1. The van der Waals surface area contributed by atoms with Crippen LogP contribution in [-0.4, -0.2) is 0 Å². The van der Waals surface area contributed by atoms with Crippen LogP contribution in [0.2, 0.25) is 5.02 Å². The lowest BCUT2D eigenvalue weighted by Crippen LogP contribution is -2.11. The van der Waals surface area contributed by atoms with Crippen molar-refractivity contribution in [1.29, 1.82) is 0 Å². The van der Waals surface area contributed by atoms with E-state index in [-0.39, 0.29) is 28.4 Å². The summed E-state index contributed by atoms with van der Waals surface area (Å²) in [6.45, 7) is 1.74. The molecule has 3 nitrogen and oxygen atoms in total. The minimum atomic E-state index is -0.491. The molecule has 1 heterocycles. The fourth-order valence-corrected chi connectivity index (χ4v) is 3.23. The van der Waals surface area contributed by atoms with Crippen LogP contribution in [-0.2, 0) is 6.61 Å². The normalized spacial score (nSPS) is 11.0. The Hall–Kier alpha value is -3.11. The smallest absolute Gasteiger partial charge is 0.235 e. The molecule has 0 bridgehead atoms. The van der Waals surface area contributed by atoms with Gasteiger partial charge in [0.15, 0.2) is 5.76 Å². The van der Waals surface area contributed by atoms with Crippen molar-refractivity contribution in [2.45, 2.75) is 13.5 Å². The molecule has 1 aromatic heterocycles. The van der Waals surface area contributed by atoms with E-state index >= 15 is 0 Å². The molecular weight excluding hydrogens is 379 g/mol. The molecule has 0 radical (unpaired) electrons. The number of hydrogen-bond acceptors (Lipinski definition) is 3. The quantitative estimate of drug-likeness (QED) is 0.417. The third-order valence-electron chi connectivity index (χ3n) is 4.46. The highest BCUT2D eigenvalue weighted by Gasteiger charge is 2.19. The van der Waals surface area contributed by atoms with Crippen molar-refractivity contribution in [3.8, 4) is 17.1 Å². The second-order valence-electron chi connectivity index (χ2n) is 6.44. The molecule has 4 rings (SSSR count). The summed E-state index contributed by atoms with van der Waals surface area (Å²) in [6, 6.07) is 18.9. The van der Waals surface area contributed by atoms with Crippen LogP contribution in [0.3, 0.4) is 0 Å². The first-order valence-electron chi connectivity index (χ1n) is 8.73. The summed E-state index contributed by atoms with van der Waals surface area (Å²) in [5, 5.41) is 0.641. The largest absolute Gasteiger partial charge is 0.481 e. The monoisotopic (exact) mass is 394 g/mol. The molecule has 0 N–H and O–H groups in total. The minimum absolute atomic E-state index is 0.0295. The van der Waals surface area contributed by atoms with E-state index in [4.69, 9.17) is 20.8 Å². The van der Waals surface area contributed by atoms with E-state index in [1.165, 1.54) is 12.1 Å². The Morgan fingerprint density at radius 2 is 1.82 bits per heavy atom. The summed E-state index contributed by atoms with van der Waals surface area (Å²) in [7, 11) is 0. The first-order chi connectivity index (χ1) is 13.5.